The molecule has 0 saturated heterocycles. The molecule has 2 nitrogen and oxygen atoms in total. The number of hydrogen-bond acceptors (Lipinski definition) is 2. The fraction of sp³-hybridized carbons (Fsp3) is 0.909. The minimum Gasteiger partial charge on any atom is -0.327 e. The van der Waals surface area contributed by atoms with E-state index in [1.54, 1.807) is 0 Å². The number of ketones is 1. The number of alkyl halides is 3. The number of halogens is 4. The largest absolute Gasteiger partial charge is 0.390 e. The monoisotopic (exact) mass is 275 g/mol. The van der Waals surface area contributed by atoms with Crippen LogP contribution in [-0.2, 0) is 4.79 Å². The van der Waals surface area contributed by atoms with Crippen LogP contribution in [0.5, 0.6) is 0 Å². The number of Topliss-reactive ketones (excluding diaryl/α,β-unsaturated/α-hetero) is 1. The molecule has 0 aliphatic heterocycles. The van der Waals surface area contributed by atoms with Crippen molar-refractivity contribution >= 4 is 18.2 Å². The number of unbranched alkanes of at least 4 members (excludes halogenated alkanes) is 3. The van der Waals surface area contributed by atoms with Crippen molar-refractivity contribution in [2.75, 3.05) is 0 Å². The van der Waals surface area contributed by atoms with E-state index in [2.05, 4.69) is 6.92 Å². The summed E-state index contributed by atoms with van der Waals surface area (Å²) >= 11 is 0. The summed E-state index contributed by atoms with van der Waals surface area (Å²) in [4.78, 5) is 11.3. The van der Waals surface area contributed by atoms with Gasteiger partial charge in [0.05, 0.1) is 6.42 Å². The molecule has 1 atom stereocenters. The lowest BCUT2D eigenvalue weighted by atomic mass is 10.0. The molecule has 0 aliphatic carbocycles. The van der Waals surface area contributed by atoms with Gasteiger partial charge >= 0.3 is 6.18 Å². The maximum absolute atomic E-state index is 11.9. The Morgan fingerprint density at radius 3 is 2.29 bits per heavy atom. The van der Waals surface area contributed by atoms with Gasteiger partial charge in [-0.15, -0.1) is 12.4 Å². The Bertz CT molecular complexity index is 209. The number of nitrogens with two attached hydrogens (primary N) is 1. The molecule has 0 saturated carbocycles. The fourth-order valence-electron chi connectivity index (χ4n) is 1.51. The van der Waals surface area contributed by atoms with Crippen LogP contribution in [-0.4, -0.2) is 18.0 Å². The highest BCUT2D eigenvalue weighted by atomic mass is 35.5. The topological polar surface area (TPSA) is 43.1 Å². The number of carbonyl (C=O) groups is 1. The summed E-state index contributed by atoms with van der Waals surface area (Å²) < 4.78 is 35.8. The van der Waals surface area contributed by atoms with E-state index < -0.39 is 18.6 Å². The van der Waals surface area contributed by atoms with Crippen LogP contribution in [0, 0.1) is 0 Å². The summed E-state index contributed by atoms with van der Waals surface area (Å²) in [5, 5.41) is 0. The van der Waals surface area contributed by atoms with Gasteiger partial charge in [-0.2, -0.15) is 13.2 Å². The second kappa shape index (κ2) is 9.71. The van der Waals surface area contributed by atoms with Gasteiger partial charge in [0, 0.05) is 18.9 Å². The van der Waals surface area contributed by atoms with Crippen LogP contribution in [0.15, 0.2) is 0 Å². The lowest BCUT2D eigenvalue weighted by Gasteiger charge is -2.13. The van der Waals surface area contributed by atoms with Gasteiger partial charge in [-0.1, -0.05) is 26.2 Å². The zero-order valence-electron chi connectivity index (χ0n) is 10.1. The maximum atomic E-state index is 11.9. The van der Waals surface area contributed by atoms with Crippen LogP contribution in [0.4, 0.5) is 13.2 Å². The van der Waals surface area contributed by atoms with Crippen LogP contribution in [0.1, 0.15) is 51.9 Å². The lowest BCUT2D eigenvalue weighted by molar-refractivity contribution is -0.139. The van der Waals surface area contributed by atoms with E-state index in [-0.39, 0.29) is 24.6 Å². The van der Waals surface area contributed by atoms with Crippen LogP contribution in [0.25, 0.3) is 0 Å². The van der Waals surface area contributed by atoms with Gasteiger partial charge < -0.3 is 5.73 Å². The molecule has 0 aromatic heterocycles. The second-order valence-corrected chi connectivity index (χ2v) is 4.13. The van der Waals surface area contributed by atoms with Gasteiger partial charge in [0.15, 0.2) is 0 Å². The molecule has 0 aromatic rings. The first kappa shape index (κ1) is 19.1. The molecule has 17 heavy (non-hydrogen) atoms. The highest BCUT2D eigenvalue weighted by Crippen LogP contribution is 2.22. The predicted octanol–water partition coefficient (Wildman–Crippen LogP) is 3.62. The zero-order valence-corrected chi connectivity index (χ0v) is 10.9. The van der Waals surface area contributed by atoms with E-state index in [0.29, 0.717) is 6.42 Å². The van der Waals surface area contributed by atoms with Crippen LogP contribution >= 0.6 is 12.4 Å². The Kier molecular flexibility index (Phi) is 10.9. The fourth-order valence-corrected chi connectivity index (χ4v) is 1.51. The van der Waals surface area contributed by atoms with Gasteiger partial charge in [0.1, 0.15) is 5.78 Å². The van der Waals surface area contributed by atoms with Crippen LogP contribution < -0.4 is 5.73 Å². The molecule has 0 bridgehead atoms. The van der Waals surface area contributed by atoms with Crippen LogP contribution in [0.3, 0.4) is 0 Å². The molecule has 0 heterocycles. The third-order valence-electron chi connectivity index (χ3n) is 2.29. The van der Waals surface area contributed by atoms with Gasteiger partial charge in [0.2, 0.25) is 0 Å². The minimum absolute atomic E-state index is 0. The van der Waals surface area contributed by atoms with Gasteiger partial charge in [0.25, 0.3) is 0 Å². The summed E-state index contributed by atoms with van der Waals surface area (Å²) in [5.74, 6) is -0.159. The molecule has 0 amide bonds. The predicted molar refractivity (Wildman–Crippen MR) is 64.3 cm³/mol. The van der Waals surface area contributed by atoms with E-state index in [9.17, 15) is 18.0 Å². The van der Waals surface area contributed by atoms with Gasteiger partial charge in [-0.05, 0) is 6.42 Å². The molecule has 6 heteroatoms. The highest BCUT2D eigenvalue weighted by molar-refractivity contribution is 5.85. The molecule has 0 rings (SSSR count). The van der Waals surface area contributed by atoms with Crippen molar-refractivity contribution in [1.82, 2.24) is 0 Å². The van der Waals surface area contributed by atoms with E-state index >= 15 is 0 Å². The van der Waals surface area contributed by atoms with Crippen molar-refractivity contribution in [3.8, 4) is 0 Å². The summed E-state index contributed by atoms with van der Waals surface area (Å²) in [6.45, 7) is 2.06. The Hall–Kier alpha value is -0.290. The molecule has 0 fully saturated rings. The van der Waals surface area contributed by atoms with Crippen molar-refractivity contribution < 1.29 is 18.0 Å². The van der Waals surface area contributed by atoms with E-state index in [1.165, 1.54) is 0 Å². The maximum Gasteiger partial charge on any atom is 0.390 e. The highest BCUT2D eigenvalue weighted by Gasteiger charge is 2.30. The first-order chi connectivity index (χ1) is 7.35. The van der Waals surface area contributed by atoms with Gasteiger partial charge in [-0.25, -0.2) is 0 Å². The van der Waals surface area contributed by atoms with E-state index in [1.807, 2.05) is 0 Å². The number of hydrogen-bond donors (Lipinski definition) is 1. The van der Waals surface area contributed by atoms with Crippen molar-refractivity contribution in [2.45, 2.75) is 64.1 Å². The third kappa shape index (κ3) is 13.6. The first-order valence-electron chi connectivity index (χ1n) is 5.69. The molecule has 104 valence electrons. The Morgan fingerprint density at radius 1 is 1.24 bits per heavy atom. The smallest absolute Gasteiger partial charge is 0.327 e. The van der Waals surface area contributed by atoms with Crippen molar-refractivity contribution in [3.63, 3.8) is 0 Å². The SMILES string of the molecule is CCCCCCC(=O)CC(N)CC(F)(F)F.Cl. The molecule has 1 unspecified atom stereocenters. The summed E-state index contributed by atoms with van der Waals surface area (Å²) in [5.41, 5.74) is 5.25. The minimum atomic E-state index is -4.28. The second-order valence-electron chi connectivity index (χ2n) is 4.13. The summed E-state index contributed by atoms with van der Waals surface area (Å²) in [7, 11) is 0. The van der Waals surface area contributed by atoms with Crippen molar-refractivity contribution in [2.24, 2.45) is 5.73 Å². The van der Waals surface area contributed by atoms with E-state index in [4.69, 9.17) is 5.73 Å². The van der Waals surface area contributed by atoms with Crippen LogP contribution in [0.2, 0.25) is 0 Å². The third-order valence-corrected chi connectivity index (χ3v) is 2.29. The zero-order chi connectivity index (χ0) is 12.6. The standard InChI is InChI=1S/C11H20F3NO.ClH/c1-2-3-4-5-6-10(16)7-9(15)8-11(12,13)14;/h9H,2-8,15H2,1H3;1H. The molecule has 2 N–H and O–H groups in total. The molecular formula is C11H21ClF3NO. The average molecular weight is 276 g/mol. The normalized spacial score (nSPS) is 13.0. The van der Waals surface area contributed by atoms with Gasteiger partial charge in [-0.3, -0.25) is 4.79 Å². The molecule has 0 aromatic carbocycles. The molecular weight excluding hydrogens is 255 g/mol. The molecule has 0 radical (unpaired) electrons. The quantitative estimate of drug-likeness (QED) is 0.688. The molecule has 0 spiro atoms. The summed E-state index contributed by atoms with van der Waals surface area (Å²) in [6, 6.07) is -1.08. The number of rotatable bonds is 8. The Morgan fingerprint density at radius 2 is 1.82 bits per heavy atom. The van der Waals surface area contributed by atoms with E-state index in [0.717, 1.165) is 25.7 Å². The molecule has 0 aliphatic rings. The lowest BCUT2D eigenvalue weighted by Crippen LogP contribution is -2.29. The Balaban J connectivity index is 0. The Labute approximate surface area is 107 Å². The van der Waals surface area contributed by atoms with Crippen molar-refractivity contribution in [1.29, 1.82) is 0 Å². The van der Waals surface area contributed by atoms with Crippen molar-refractivity contribution in [3.05, 3.63) is 0 Å². The first-order valence-corrected chi connectivity index (χ1v) is 5.69. The number of carbonyl (C=O) groups excluding carboxylic acids is 1. The summed E-state index contributed by atoms with van der Waals surface area (Å²) in [6.07, 6.45) is -1.32. The average Bonchev–Trinajstić information content (AvgIpc) is 2.09.